The monoisotopic (exact) mass is 234 g/mol. The largest absolute Gasteiger partial charge is 0.391 e. The maximum atomic E-state index is 11.5. The first-order valence-electron chi connectivity index (χ1n) is 3.27. The number of halogens is 4. The van der Waals surface area contributed by atoms with Crippen LogP contribution in [0.1, 0.15) is 12.8 Å². The van der Waals surface area contributed by atoms with Crippen LogP contribution in [0, 0.1) is 0 Å². The summed E-state index contributed by atoms with van der Waals surface area (Å²) in [7, 11) is 0. The molecule has 0 aromatic carbocycles. The summed E-state index contributed by atoms with van der Waals surface area (Å²) in [5.41, 5.74) is 0. The lowest BCUT2D eigenvalue weighted by Gasteiger charge is -2.05. The summed E-state index contributed by atoms with van der Waals surface area (Å²) >= 11 is 3.14. The lowest BCUT2D eigenvalue weighted by atomic mass is 10.4. The van der Waals surface area contributed by atoms with E-state index in [9.17, 15) is 13.2 Å². The van der Waals surface area contributed by atoms with Crippen LogP contribution in [0.4, 0.5) is 13.2 Å². The Hall–Kier alpha value is 0.230. The number of hydrogen-bond donors (Lipinski definition) is 0. The normalized spacial score (nSPS) is 12.0. The van der Waals surface area contributed by atoms with Crippen molar-refractivity contribution in [3.8, 4) is 0 Å². The molecule has 0 aliphatic rings. The zero-order valence-corrected chi connectivity index (χ0v) is 7.54. The van der Waals surface area contributed by atoms with Crippen molar-refractivity contribution < 1.29 is 17.9 Å². The standard InChI is InChI=1S/C6H10BrF3O/c7-3-1-4-11-5-2-6(8,9)10/h1-5H2. The summed E-state index contributed by atoms with van der Waals surface area (Å²) in [6, 6.07) is 0. The quantitative estimate of drug-likeness (QED) is 0.525. The van der Waals surface area contributed by atoms with Gasteiger partial charge >= 0.3 is 6.18 Å². The van der Waals surface area contributed by atoms with Gasteiger partial charge < -0.3 is 4.74 Å². The van der Waals surface area contributed by atoms with Crippen LogP contribution in [-0.4, -0.2) is 24.7 Å². The summed E-state index contributed by atoms with van der Waals surface area (Å²) in [6.45, 7) is 0.165. The van der Waals surface area contributed by atoms with Gasteiger partial charge in [0.1, 0.15) is 0 Å². The van der Waals surface area contributed by atoms with Gasteiger partial charge in [-0.1, -0.05) is 15.9 Å². The molecule has 0 aliphatic carbocycles. The molecule has 0 fully saturated rings. The van der Waals surface area contributed by atoms with Crippen LogP contribution in [0.2, 0.25) is 0 Å². The minimum absolute atomic E-state index is 0.226. The van der Waals surface area contributed by atoms with Crippen molar-refractivity contribution >= 4 is 15.9 Å². The zero-order valence-electron chi connectivity index (χ0n) is 5.96. The summed E-state index contributed by atoms with van der Waals surface area (Å²) in [4.78, 5) is 0. The van der Waals surface area contributed by atoms with Gasteiger partial charge in [-0.25, -0.2) is 0 Å². The van der Waals surface area contributed by atoms with Crippen LogP contribution in [0.3, 0.4) is 0 Å². The fourth-order valence-corrected chi connectivity index (χ4v) is 0.675. The second-order valence-electron chi connectivity index (χ2n) is 2.02. The van der Waals surface area contributed by atoms with Crippen LogP contribution < -0.4 is 0 Å². The lowest BCUT2D eigenvalue weighted by molar-refractivity contribution is -0.145. The zero-order chi connectivity index (χ0) is 8.74. The maximum absolute atomic E-state index is 11.5. The van der Waals surface area contributed by atoms with Crippen molar-refractivity contribution in [1.82, 2.24) is 0 Å². The molecule has 0 aliphatic heterocycles. The molecule has 0 atom stereocenters. The summed E-state index contributed by atoms with van der Waals surface area (Å²) in [6.07, 6.45) is -4.19. The molecule has 0 heterocycles. The minimum Gasteiger partial charge on any atom is -0.381 e. The average Bonchev–Trinajstić information content (AvgIpc) is 1.85. The van der Waals surface area contributed by atoms with Crippen molar-refractivity contribution in [2.75, 3.05) is 18.5 Å². The van der Waals surface area contributed by atoms with Gasteiger partial charge in [0.15, 0.2) is 0 Å². The predicted molar refractivity (Wildman–Crippen MR) is 39.9 cm³/mol. The number of ether oxygens (including phenoxy) is 1. The first-order valence-corrected chi connectivity index (χ1v) is 4.39. The molecule has 0 unspecified atom stereocenters. The molecule has 0 spiro atoms. The van der Waals surface area contributed by atoms with Crippen molar-refractivity contribution in [3.63, 3.8) is 0 Å². The van der Waals surface area contributed by atoms with E-state index in [0.717, 1.165) is 11.8 Å². The van der Waals surface area contributed by atoms with Crippen LogP contribution in [0.15, 0.2) is 0 Å². The van der Waals surface area contributed by atoms with E-state index in [-0.39, 0.29) is 6.61 Å². The Morgan fingerprint density at radius 3 is 2.27 bits per heavy atom. The van der Waals surface area contributed by atoms with Crippen molar-refractivity contribution in [1.29, 1.82) is 0 Å². The molecule has 0 saturated heterocycles. The molecule has 0 saturated carbocycles. The van der Waals surface area contributed by atoms with Crippen molar-refractivity contribution in [3.05, 3.63) is 0 Å². The second-order valence-corrected chi connectivity index (χ2v) is 2.81. The number of alkyl halides is 4. The molecule has 0 aromatic rings. The van der Waals surface area contributed by atoms with Crippen LogP contribution in [0.25, 0.3) is 0 Å². The Morgan fingerprint density at radius 2 is 1.82 bits per heavy atom. The Morgan fingerprint density at radius 1 is 1.18 bits per heavy atom. The molecule has 0 N–H and O–H groups in total. The van der Waals surface area contributed by atoms with E-state index in [0.29, 0.717) is 6.61 Å². The molecule has 11 heavy (non-hydrogen) atoms. The molecule has 5 heteroatoms. The third kappa shape index (κ3) is 10.2. The molecule has 1 nitrogen and oxygen atoms in total. The van der Waals surface area contributed by atoms with Gasteiger partial charge in [-0.2, -0.15) is 13.2 Å². The van der Waals surface area contributed by atoms with Gasteiger partial charge in [0.05, 0.1) is 13.0 Å². The fourth-order valence-electron chi connectivity index (χ4n) is 0.447. The highest BCUT2D eigenvalue weighted by Gasteiger charge is 2.26. The van der Waals surface area contributed by atoms with E-state index in [1.165, 1.54) is 0 Å². The molecular weight excluding hydrogens is 225 g/mol. The third-order valence-corrected chi connectivity index (χ3v) is 1.51. The molecule has 68 valence electrons. The van der Waals surface area contributed by atoms with Gasteiger partial charge in [0.2, 0.25) is 0 Å². The summed E-state index contributed by atoms with van der Waals surface area (Å²) < 4.78 is 39.1. The number of hydrogen-bond acceptors (Lipinski definition) is 1. The highest BCUT2D eigenvalue weighted by atomic mass is 79.9. The van der Waals surface area contributed by atoms with E-state index in [4.69, 9.17) is 4.74 Å². The molecule has 0 bridgehead atoms. The van der Waals surface area contributed by atoms with Crippen molar-refractivity contribution in [2.45, 2.75) is 19.0 Å². The van der Waals surface area contributed by atoms with Crippen LogP contribution in [-0.2, 0) is 4.74 Å². The highest BCUT2D eigenvalue weighted by molar-refractivity contribution is 9.09. The summed E-state index contributed by atoms with van der Waals surface area (Å²) in [5, 5.41) is 0.763. The first kappa shape index (κ1) is 11.2. The van der Waals surface area contributed by atoms with E-state index >= 15 is 0 Å². The Kier molecular flexibility index (Phi) is 5.95. The van der Waals surface area contributed by atoms with Crippen LogP contribution >= 0.6 is 15.9 Å². The molecule has 0 aromatic heterocycles. The number of rotatable bonds is 5. The topological polar surface area (TPSA) is 9.23 Å². The SMILES string of the molecule is FC(F)(F)CCOCCCBr. The summed E-state index contributed by atoms with van der Waals surface area (Å²) in [5.74, 6) is 0. The van der Waals surface area contributed by atoms with E-state index in [1.54, 1.807) is 0 Å². The fraction of sp³-hybridized carbons (Fsp3) is 1.00. The minimum atomic E-state index is -4.09. The molecule has 0 radical (unpaired) electrons. The lowest BCUT2D eigenvalue weighted by Crippen LogP contribution is -2.11. The van der Waals surface area contributed by atoms with Gasteiger partial charge in [-0.05, 0) is 6.42 Å². The Labute approximate surface area is 72.0 Å². The van der Waals surface area contributed by atoms with E-state index in [1.807, 2.05) is 0 Å². The smallest absolute Gasteiger partial charge is 0.381 e. The van der Waals surface area contributed by atoms with Crippen LogP contribution in [0.5, 0.6) is 0 Å². The highest BCUT2D eigenvalue weighted by Crippen LogP contribution is 2.18. The van der Waals surface area contributed by atoms with Gasteiger partial charge in [-0.15, -0.1) is 0 Å². The Bertz CT molecular complexity index is 94.3. The van der Waals surface area contributed by atoms with Gasteiger partial charge in [-0.3, -0.25) is 0 Å². The third-order valence-electron chi connectivity index (χ3n) is 0.952. The molecule has 0 rings (SSSR count). The second kappa shape index (κ2) is 5.83. The molecular formula is C6H10BrF3O. The molecule has 0 amide bonds. The predicted octanol–water partition coefficient (Wildman–Crippen LogP) is 2.74. The van der Waals surface area contributed by atoms with Gasteiger partial charge in [0, 0.05) is 11.9 Å². The maximum Gasteiger partial charge on any atom is 0.391 e. The average molecular weight is 235 g/mol. The van der Waals surface area contributed by atoms with Gasteiger partial charge in [0.25, 0.3) is 0 Å². The van der Waals surface area contributed by atoms with Crippen molar-refractivity contribution in [2.24, 2.45) is 0 Å². The van der Waals surface area contributed by atoms with E-state index in [2.05, 4.69) is 15.9 Å². The van der Waals surface area contributed by atoms with E-state index < -0.39 is 12.6 Å². The first-order chi connectivity index (χ1) is 5.06. The Balaban J connectivity index is 3.02.